The Hall–Kier alpha value is -1.89. The molecule has 21 heavy (non-hydrogen) atoms. The number of nitrogens with two attached hydrogens (primary N) is 1. The normalized spacial score (nSPS) is 18.8. The lowest BCUT2D eigenvalue weighted by Gasteiger charge is -2.38. The Kier molecular flexibility index (Phi) is 4.95. The van der Waals surface area contributed by atoms with E-state index < -0.39 is 0 Å². The molecular weight excluding hydrogens is 268 g/mol. The Labute approximate surface area is 125 Å². The van der Waals surface area contributed by atoms with E-state index in [-0.39, 0.29) is 11.9 Å². The minimum absolute atomic E-state index is 0.00277. The van der Waals surface area contributed by atoms with Crippen LogP contribution in [-0.2, 0) is 0 Å². The minimum atomic E-state index is 0.00277. The summed E-state index contributed by atoms with van der Waals surface area (Å²) in [6.07, 6.45) is 2.66. The van der Waals surface area contributed by atoms with Gasteiger partial charge in [0.2, 0.25) is 0 Å². The summed E-state index contributed by atoms with van der Waals surface area (Å²) in [5, 5.41) is 12.0. The quantitative estimate of drug-likeness (QED) is 0.368. The fourth-order valence-corrected chi connectivity index (χ4v) is 2.67. The van der Waals surface area contributed by atoms with Gasteiger partial charge >= 0.3 is 0 Å². The molecule has 1 aliphatic heterocycles. The molecule has 7 nitrogen and oxygen atoms in total. The molecule has 1 aliphatic rings. The third kappa shape index (κ3) is 3.41. The summed E-state index contributed by atoms with van der Waals surface area (Å²) >= 11 is 0. The maximum atomic E-state index is 8.86. The zero-order valence-electron chi connectivity index (χ0n) is 13.0. The molecule has 0 aromatic carbocycles. The molecule has 1 fully saturated rings. The molecule has 1 saturated heterocycles. The van der Waals surface area contributed by atoms with Gasteiger partial charge in [-0.15, -0.1) is 0 Å². The van der Waals surface area contributed by atoms with Gasteiger partial charge in [-0.3, -0.25) is 9.88 Å². The summed E-state index contributed by atoms with van der Waals surface area (Å²) in [6, 6.07) is 0.00277. The zero-order chi connectivity index (χ0) is 15.4. The first kappa shape index (κ1) is 15.5. The van der Waals surface area contributed by atoms with E-state index in [2.05, 4.69) is 24.9 Å². The lowest BCUT2D eigenvalue weighted by molar-refractivity contribution is 0.215. The predicted molar refractivity (Wildman–Crippen MR) is 82.8 cm³/mol. The van der Waals surface area contributed by atoms with Crippen molar-refractivity contribution >= 4 is 11.7 Å². The maximum Gasteiger partial charge on any atom is 0.156 e. The van der Waals surface area contributed by atoms with E-state index in [0.29, 0.717) is 0 Å². The number of nitrogens with zero attached hydrogens (tertiary/aromatic N) is 5. The van der Waals surface area contributed by atoms with Crippen LogP contribution in [0.4, 0.5) is 5.82 Å². The molecule has 7 heteroatoms. The standard InChI is InChI=1S/C14H24N6O/c1-4-12(14(15)18-21)19-5-7-20(8-6-19)13-9-16-10(2)11(3)17-13/h9,12,21H,4-8H2,1-3H3,(H2,15,18). The predicted octanol–water partition coefficient (Wildman–Crippen LogP) is 0.740. The number of amidine groups is 1. The summed E-state index contributed by atoms with van der Waals surface area (Å²) in [4.78, 5) is 13.5. The topological polar surface area (TPSA) is 90.9 Å². The number of hydrogen-bond donors (Lipinski definition) is 2. The lowest BCUT2D eigenvalue weighted by Crippen LogP contribution is -2.54. The molecule has 1 unspecified atom stereocenters. The number of hydrogen-bond acceptors (Lipinski definition) is 6. The zero-order valence-corrected chi connectivity index (χ0v) is 13.0. The van der Waals surface area contributed by atoms with Crippen LogP contribution in [0.25, 0.3) is 0 Å². The average molecular weight is 292 g/mol. The molecule has 0 aliphatic carbocycles. The first-order valence-corrected chi connectivity index (χ1v) is 7.33. The minimum Gasteiger partial charge on any atom is -0.409 e. The van der Waals surface area contributed by atoms with Gasteiger partial charge in [-0.25, -0.2) is 4.98 Å². The summed E-state index contributed by atoms with van der Waals surface area (Å²) in [5.41, 5.74) is 7.70. The highest BCUT2D eigenvalue weighted by Gasteiger charge is 2.26. The molecule has 1 aromatic rings. The Morgan fingerprint density at radius 1 is 1.33 bits per heavy atom. The molecule has 0 spiro atoms. The van der Waals surface area contributed by atoms with Crippen molar-refractivity contribution < 1.29 is 5.21 Å². The van der Waals surface area contributed by atoms with Crippen LogP contribution < -0.4 is 10.6 Å². The first-order valence-electron chi connectivity index (χ1n) is 7.33. The molecule has 2 rings (SSSR count). The van der Waals surface area contributed by atoms with Crippen molar-refractivity contribution in [1.82, 2.24) is 14.9 Å². The largest absolute Gasteiger partial charge is 0.409 e. The fraction of sp³-hybridized carbons (Fsp3) is 0.643. The maximum absolute atomic E-state index is 8.86. The molecule has 116 valence electrons. The van der Waals surface area contributed by atoms with Crippen LogP contribution in [0.2, 0.25) is 0 Å². The van der Waals surface area contributed by atoms with Crippen LogP contribution in [-0.4, -0.2) is 58.1 Å². The molecule has 0 saturated carbocycles. The number of aryl methyl sites for hydroxylation is 2. The van der Waals surface area contributed by atoms with Gasteiger partial charge < -0.3 is 15.8 Å². The van der Waals surface area contributed by atoms with Gasteiger partial charge in [0.1, 0.15) is 5.82 Å². The highest BCUT2D eigenvalue weighted by Crippen LogP contribution is 2.16. The number of piperazine rings is 1. The average Bonchev–Trinajstić information content (AvgIpc) is 2.51. The van der Waals surface area contributed by atoms with Crippen LogP contribution in [0.15, 0.2) is 11.4 Å². The summed E-state index contributed by atoms with van der Waals surface area (Å²) in [7, 11) is 0. The van der Waals surface area contributed by atoms with Crippen LogP contribution in [0.3, 0.4) is 0 Å². The van der Waals surface area contributed by atoms with Crippen molar-refractivity contribution in [1.29, 1.82) is 0 Å². The molecule has 3 N–H and O–H groups in total. The Balaban J connectivity index is 2.01. The van der Waals surface area contributed by atoms with Crippen molar-refractivity contribution in [2.24, 2.45) is 10.9 Å². The second-order valence-corrected chi connectivity index (χ2v) is 5.37. The second-order valence-electron chi connectivity index (χ2n) is 5.37. The van der Waals surface area contributed by atoms with Crippen LogP contribution in [0, 0.1) is 13.8 Å². The Bertz CT molecular complexity index is 510. The van der Waals surface area contributed by atoms with Gasteiger partial charge in [0.15, 0.2) is 5.84 Å². The first-order chi connectivity index (χ1) is 10.1. The number of oxime groups is 1. The van der Waals surface area contributed by atoms with Crippen LogP contribution in [0.1, 0.15) is 24.7 Å². The molecule has 0 radical (unpaired) electrons. The van der Waals surface area contributed by atoms with E-state index in [1.54, 1.807) is 0 Å². The molecule has 0 amide bonds. The molecule has 0 bridgehead atoms. The monoisotopic (exact) mass is 292 g/mol. The van der Waals surface area contributed by atoms with E-state index in [9.17, 15) is 0 Å². The van der Waals surface area contributed by atoms with Crippen molar-refractivity contribution in [3.05, 3.63) is 17.6 Å². The molecule has 2 heterocycles. The SMILES string of the molecule is CCC(C(N)=NO)N1CCN(c2cnc(C)c(C)n2)CC1. The third-order valence-corrected chi connectivity index (χ3v) is 4.10. The summed E-state index contributed by atoms with van der Waals surface area (Å²) in [6.45, 7) is 9.45. The highest BCUT2D eigenvalue weighted by molar-refractivity contribution is 5.85. The van der Waals surface area contributed by atoms with Crippen molar-refractivity contribution in [2.45, 2.75) is 33.2 Å². The van der Waals surface area contributed by atoms with Gasteiger partial charge in [-0.1, -0.05) is 12.1 Å². The second kappa shape index (κ2) is 6.71. The van der Waals surface area contributed by atoms with E-state index >= 15 is 0 Å². The Morgan fingerprint density at radius 3 is 2.52 bits per heavy atom. The van der Waals surface area contributed by atoms with E-state index in [4.69, 9.17) is 10.9 Å². The van der Waals surface area contributed by atoms with Gasteiger partial charge in [0.25, 0.3) is 0 Å². The van der Waals surface area contributed by atoms with Gasteiger partial charge in [0.05, 0.1) is 23.6 Å². The third-order valence-electron chi connectivity index (χ3n) is 4.10. The van der Waals surface area contributed by atoms with E-state index in [1.165, 1.54) is 0 Å². The van der Waals surface area contributed by atoms with Crippen molar-refractivity contribution in [2.75, 3.05) is 31.1 Å². The highest BCUT2D eigenvalue weighted by atomic mass is 16.4. The molecular formula is C14H24N6O. The summed E-state index contributed by atoms with van der Waals surface area (Å²) < 4.78 is 0. The number of rotatable bonds is 4. The Morgan fingerprint density at radius 2 is 2.00 bits per heavy atom. The van der Waals surface area contributed by atoms with Crippen molar-refractivity contribution in [3.8, 4) is 0 Å². The van der Waals surface area contributed by atoms with Crippen molar-refractivity contribution in [3.63, 3.8) is 0 Å². The molecule has 1 aromatic heterocycles. The number of anilines is 1. The number of aromatic nitrogens is 2. The van der Waals surface area contributed by atoms with Gasteiger partial charge in [0, 0.05) is 26.2 Å². The van der Waals surface area contributed by atoms with E-state index in [1.807, 2.05) is 27.0 Å². The van der Waals surface area contributed by atoms with Crippen LogP contribution in [0.5, 0.6) is 0 Å². The molecule has 1 atom stereocenters. The smallest absolute Gasteiger partial charge is 0.156 e. The van der Waals surface area contributed by atoms with Gasteiger partial charge in [-0.05, 0) is 20.3 Å². The van der Waals surface area contributed by atoms with Crippen LogP contribution >= 0.6 is 0 Å². The van der Waals surface area contributed by atoms with Gasteiger partial charge in [-0.2, -0.15) is 0 Å². The lowest BCUT2D eigenvalue weighted by atomic mass is 10.1. The van der Waals surface area contributed by atoms with E-state index in [0.717, 1.165) is 49.8 Å². The summed E-state index contributed by atoms with van der Waals surface area (Å²) in [5.74, 6) is 1.21. The fourth-order valence-electron chi connectivity index (χ4n) is 2.67.